The van der Waals surface area contributed by atoms with Crippen molar-refractivity contribution in [3.05, 3.63) is 94.9 Å². The van der Waals surface area contributed by atoms with Crippen LogP contribution in [-0.4, -0.2) is 48.3 Å². The fourth-order valence-electron chi connectivity index (χ4n) is 4.06. The third-order valence-electron chi connectivity index (χ3n) is 6.12. The monoisotopic (exact) mass is 523 g/mol. The van der Waals surface area contributed by atoms with Crippen molar-refractivity contribution in [2.45, 2.75) is 19.6 Å². The minimum Gasteiger partial charge on any atom is -0.379 e. The summed E-state index contributed by atoms with van der Waals surface area (Å²) < 4.78 is 46.1. The summed E-state index contributed by atoms with van der Waals surface area (Å²) in [5.41, 5.74) is 2.80. The Labute approximate surface area is 218 Å². The van der Waals surface area contributed by atoms with Gasteiger partial charge in [0.15, 0.2) is 0 Å². The van der Waals surface area contributed by atoms with Crippen LogP contribution in [-0.2, 0) is 17.5 Å². The number of nitrogens with one attached hydrogen (secondary N) is 3. The molecule has 2 heterocycles. The van der Waals surface area contributed by atoms with Gasteiger partial charge in [-0.3, -0.25) is 14.7 Å². The number of nitrogens with zero attached hydrogens (tertiary/aromatic N) is 2. The van der Waals surface area contributed by atoms with E-state index in [9.17, 15) is 18.0 Å². The average molecular weight is 524 g/mol. The number of halogens is 3. The Balaban J connectivity index is 1.54. The number of hydrogen-bond acceptors (Lipinski definition) is 6. The van der Waals surface area contributed by atoms with Gasteiger partial charge in [-0.15, -0.1) is 0 Å². The van der Waals surface area contributed by atoms with Gasteiger partial charge in [-0.05, 0) is 54.4 Å². The lowest BCUT2D eigenvalue weighted by Crippen LogP contribution is -2.35. The SMILES string of the molecule is Cc1ccc(C(=O)Nc2cc(CN3CCOCC3)cc(C(F)(F)F)c2)cc1N/C=C(\C=N)c1cccnc1. The summed E-state index contributed by atoms with van der Waals surface area (Å²) in [5.74, 6) is -0.534. The van der Waals surface area contributed by atoms with E-state index < -0.39 is 17.6 Å². The largest absolute Gasteiger partial charge is 0.416 e. The first-order valence-electron chi connectivity index (χ1n) is 12.0. The zero-order chi connectivity index (χ0) is 27.1. The molecule has 3 aromatic rings. The Hall–Kier alpha value is -4.02. The third kappa shape index (κ3) is 7.05. The molecule has 1 saturated heterocycles. The number of morpholine rings is 1. The van der Waals surface area contributed by atoms with Crippen LogP contribution < -0.4 is 10.6 Å². The van der Waals surface area contributed by atoms with E-state index in [2.05, 4.69) is 15.6 Å². The highest BCUT2D eigenvalue weighted by atomic mass is 19.4. The number of alkyl halides is 3. The summed E-state index contributed by atoms with van der Waals surface area (Å²) in [6, 6.07) is 12.2. The predicted octanol–water partition coefficient (Wildman–Crippen LogP) is 5.60. The maximum absolute atomic E-state index is 13.6. The molecule has 2 aromatic carbocycles. The molecular weight excluding hydrogens is 495 g/mol. The van der Waals surface area contributed by atoms with E-state index in [1.165, 1.54) is 6.21 Å². The first-order valence-corrected chi connectivity index (χ1v) is 12.0. The van der Waals surface area contributed by atoms with Crippen molar-refractivity contribution < 1.29 is 22.7 Å². The molecule has 4 rings (SSSR count). The molecule has 7 nitrogen and oxygen atoms in total. The van der Waals surface area contributed by atoms with Gasteiger partial charge < -0.3 is 20.8 Å². The maximum Gasteiger partial charge on any atom is 0.416 e. The van der Waals surface area contributed by atoms with Gasteiger partial charge in [-0.1, -0.05) is 12.1 Å². The second kappa shape index (κ2) is 12.0. The summed E-state index contributed by atoms with van der Waals surface area (Å²) in [5, 5.41) is 13.4. The lowest BCUT2D eigenvalue weighted by atomic mass is 10.1. The van der Waals surface area contributed by atoms with Crippen LogP contribution in [0, 0.1) is 12.3 Å². The number of hydrogen-bond donors (Lipinski definition) is 3. The molecule has 0 saturated carbocycles. The van der Waals surface area contributed by atoms with E-state index in [1.807, 2.05) is 17.9 Å². The van der Waals surface area contributed by atoms with Crippen LogP contribution in [0.3, 0.4) is 0 Å². The fraction of sp³-hybridized carbons (Fsp3) is 0.250. The number of pyridine rings is 1. The number of amides is 1. The minimum absolute atomic E-state index is 0.0748. The zero-order valence-corrected chi connectivity index (χ0v) is 20.8. The number of anilines is 2. The standard InChI is InChI=1S/C28H28F3N5O2/c1-19-4-5-21(13-26(19)34-17-23(15-32)22-3-2-6-33-16-22)27(37)35-25-12-20(11-24(14-25)28(29,30)31)18-36-7-9-38-10-8-36/h2-6,11-17,32,34H,7-10,18H2,1H3,(H,35,37)/b23-17+,32-15?. The highest BCUT2D eigenvalue weighted by molar-refractivity contribution is 6.09. The third-order valence-corrected chi connectivity index (χ3v) is 6.12. The van der Waals surface area contributed by atoms with Crippen LogP contribution in [0.1, 0.15) is 32.6 Å². The van der Waals surface area contributed by atoms with E-state index in [0.29, 0.717) is 49.7 Å². The zero-order valence-electron chi connectivity index (χ0n) is 20.8. The van der Waals surface area contributed by atoms with Crippen LogP contribution in [0.5, 0.6) is 0 Å². The summed E-state index contributed by atoms with van der Waals surface area (Å²) in [7, 11) is 0. The number of allylic oxidation sites excluding steroid dienone is 1. The molecule has 1 aromatic heterocycles. The lowest BCUT2D eigenvalue weighted by molar-refractivity contribution is -0.137. The van der Waals surface area contributed by atoms with E-state index >= 15 is 0 Å². The van der Waals surface area contributed by atoms with Gasteiger partial charge in [0.25, 0.3) is 5.91 Å². The summed E-state index contributed by atoms with van der Waals surface area (Å²) in [6.07, 6.45) is 1.56. The minimum atomic E-state index is -4.55. The van der Waals surface area contributed by atoms with Crippen LogP contribution in [0.15, 0.2) is 67.1 Å². The van der Waals surface area contributed by atoms with E-state index in [1.54, 1.807) is 48.9 Å². The Kier molecular flexibility index (Phi) is 8.55. The summed E-state index contributed by atoms with van der Waals surface area (Å²) in [6.45, 7) is 4.51. The molecule has 3 N–H and O–H groups in total. The highest BCUT2D eigenvalue weighted by Gasteiger charge is 2.31. The van der Waals surface area contributed by atoms with Crippen molar-refractivity contribution in [3.8, 4) is 0 Å². The number of carbonyl (C=O) groups excluding carboxylic acids is 1. The van der Waals surface area contributed by atoms with Crippen molar-refractivity contribution in [1.29, 1.82) is 5.41 Å². The number of ether oxygens (including phenoxy) is 1. The van der Waals surface area contributed by atoms with Crippen molar-refractivity contribution in [2.24, 2.45) is 0 Å². The second-order valence-electron chi connectivity index (χ2n) is 8.92. The lowest BCUT2D eigenvalue weighted by Gasteiger charge is -2.27. The number of aromatic nitrogens is 1. The van der Waals surface area contributed by atoms with Gasteiger partial charge in [-0.2, -0.15) is 13.2 Å². The Morgan fingerprint density at radius 2 is 1.92 bits per heavy atom. The molecule has 1 aliphatic rings. The molecular formula is C28H28F3N5O2. The number of aryl methyl sites for hydroxylation is 1. The molecule has 0 atom stereocenters. The van der Waals surface area contributed by atoms with Gasteiger partial charge in [0.1, 0.15) is 0 Å². The molecule has 1 amide bonds. The van der Waals surface area contributed by atoms with Gasteiger partial charge in [0.2, 0.25) is 0 Å². The molecule has 198 valence electrons. The van der Waals surface area contributed by atoms with Gasteiger partial charge in [0.05, 0.1) is 18.8 Å². The first kappa shape index (κ1) is 27.0. The van der Waals surface area contributed by atoms with Crippen LogP contribution in [0.25, 0.3) is 5.57 Å². The van der Waals surface area contributed by atoms with E-state index in [4.69, 9.17) is 10.1 Å². The van der Waals surface area contributed by atoms with Gasteiger partial charge in [-0.25, -0.2) is 0 Å². The second-order valence-corrected chi connectivity index (χ2v) is 8.92. The van der Waals surface area contributed by atoms with Crippen LogP contribution >= 0.6 is 0 Å². The normalized spacial score (nSPS) is 14.7. The topological polar surface area (TPSA) is 90.3 Å². The summed E-state index contributed by atoms with van der Waals surface area (Å²) in [4.78, 5) is 19.1. The molecule has 0 bridgehead atoms. The van der Waals surface area contributed by atoms with Crippen molar-refractivity contribution >= 4 is 29.1 Å². The van der Waals surface area contributed by atoms with E-state index in [-0.39, 0.29) is 11.3 Å². The molecule has 1 fully saturated rings. The first-order chi connectivity index (χ1) is 18.2. The quantitative estimate of drug-likeness (QED) is 0.335. The number of benzene rings is 2. The van der Waals surface area contributed by atoms with Crippen molar-refractivity contribution in [1.82, 2.24) is 9.88 Å². The van der Waals surface area contributed by atoms with Crippen molar-refractivity contribution in [2.75, 3.05) is 36.9 Å². The summed E-state index contributed by atoms with van der Waals surface area (Å²) >= 11 is 0. The van der Waals surface area contributed by atoms with Gasteiger partial charge >= 0.3 is 6.18 Å². The predicted molar refractivity (Wildman–Crippen MR) is 141 cm³/mol. The Bertz CT molecular complexity index is 1320. The Morgan fingerprint density at radius 3 is 2.61 bits per heavy atom. The van der Waals surface area contributed by atoms with Crippen LogP contribution in [0.2, 0.25) is 0 Å². The molecule has 0 radical (unpaired) electrons. The molecule has 1 aliphatic heterocycles. The Morgan fingerprint density at radius 1 is 1.13 bits per heavy atom. The molecule has 0 unspecified atom stereocenters. The smallest absolute Gasteiger partial charge is 0.379 e. The van der Waals surface area contributed by atoms with Crippen LogP contribution in [0.4, 0.5) is 24.5 Å². The highest BCUT2D eigenvalue weighted by Crippen LogP contribution is 2.32. The number of carbonyl (C=O) groups is 1. The fourth-order valence-corrected chi connectivity index (χ4v) is 4.06. The molecule has 10 heteroatoms. The number of rotatable bonds is 8. The van der Waals surface area contributed by atoms with Gasteiger partial charge in [0, 0.05) is 72.5 Å². The average Bonchev–Trinajstić information content (AvgIpc) is 2.90. The van der Waals surface area contributed by atoms with E-state index in [0.717, 1.165) is 23.3 Å². The maximum atomic E-state index is 13.6. The molecule has 0 spiro atoms. The molecule has 0 aliphatic carbocycles. The molecule has 38 heavy (non-hydrogen) atoms. The van der Waals surface area contributed by atoms with Crippen molar-refractivity contribution in [3.63, 3.8) is 0 Å².